The van der Waals surface area contributed by atoms with E-state index in [0.29, 0.717) is 12.1 Å². The van der Waals surface area contributed by atoms with E-state index < -0.39 is 0 Å². The minimum atomic E-state index is -0.151. The number of likely N-dealkylation sites (N-methyl/N-ethyl adjacent to an activating group) is 1. The van der Waals surface area contributed by atoms with E-state index in [-0.39, 0.29) is 5.54 Å². The Bertz CT molecular complexity index is 266. The van der Waals surface area contributed by atoms with Crippen LogP contribution in [0.3, 0.4) is 0 Å². The van der Waals surface area contributed by atoms with Crippen LogP contribution in [0.2, 0.25) is 0 Å². The van der Waals surface area contributed by atoms with Crippen molar-refractivity contribution in [1.82, 2.24) is 10.2 Å². The third-order valence-electron chi connectivity index (χ3n) is 4.10. The molecule has 1 heterocycles. The first-order valence-corrected chi connectivity index (χ1v) is 5.78. The second kappa shape index (κ2) is 2.72. The van der Waals surface area contributed by atoms with E-state index in [1.54, 1.807) is 0 Å². The maximum atomic E-state index is 12.1. The van der Waals surface area contributed by atoms with E-state index in [1.165, 1.54) is 25.7 Å². The van der Waals surface area contributed by atoms with Gasteiger partial charge in [-0.15, -0.1) is 0 Å². The van der Waals surface area contributed by atoms with Crippen molar-refractivity contribution in [2.45, 2.75) is 50.2 Å². The van der Waals surface area contributed by atoms with Crippen LogP contribution in [-0.2, 0) is 4.79 Å². The first kappa shape index (κ1) is 8.72. The van der Waals surface area contributed by atoms with Gasteiger partial charge in [-0.1, -0.05) is 12.8 Å². The second-order valence-electron chi connectivity index (χ2n) is 5.13. The van der Waals surface area contributed by atoms with Gasteiger partial charge in [0.2, 0.25) is 5.91 Å². The van der Waals surface area contributed by atoms with Crippen LogP contribution in [-0.4, -0.2) is 29.6 Å². The highest BCUT2D eigenvalue weighted by atomic mass is 16.2. The third-order valence-corrected chi connectivity index (χ3v) is 4.10. The van der Waals surface area contributed by atoms with E-state index in [1.807, 2.05) is 11.9 Å². The zero-order valence-corrected chi connectivity index (χ0v) is 8.75. The molecule has 1 spiro atoms. The van der Waals surface area contributed by atoms with Crippen LogP contribution >= 0.6 is 0 Å². The summed E-state index contributed by atoms with van der Waals surface area (Å²) >= 11 is 0. The minimum absolute atomic E-state index is 0.151. The molecule has 3 heteroatoms. The van der Waals surface area contributed by atoms with Gasteiger partial charge < -0.3 is 4.90 Å². The fourth-order valence-electron chi connectivity index (χ4n) is 3.09. The Morgan fingerprint density at radius 3 is 2.57 bits per heavy atom. The van der Waals surface area contributed by atoms with Crippen LogP contribution in [0.25, 0.3) is 0 Å². The summed E-state index contributed by atoms with van der Waals surface area (Å²) in [4.78, 5) is 14.1. The molecule has 1 N–H and O–H groups in total. The molecule has 1 amide bonds. The number of carbonyl (C=O) groups excluding carboxylic acids is 1. The molecule has 3 nitrogen and oxygen atoms in total. The van der Waals surface area contributed by atoms with Crippen LogP contribution in [0, 0.1) is 5.92 Å². The van der Waals surface area contributed by atoms with Crippen molar-refractivity contribution < 1.29 is 4.79 Å². The lowest BCUT2D eigenvalue weighted by atomic mass is 9.98. The number of rotatable bonds is 1. The SMILES string of the molecule is CN1C(=O)C2(CCCC2)NC1C1CC1. The van der Waals surface area contributed by atoms with Crippen molar-refractivity contribution in [3.63, 3.8) is 0 Å². The molecule has 1 saturated heterocycles. The maximum absolute atomic E-state index is 12.1. The lowest BCUT2D eigenvalue weighted by Crippen LogP contribution is -2.45. The van der Waals surface area contributed by atoms with Crippen LogP contribution < -0.4 is 5.32 Å². The molecule has 0 aromatic rings. The van der Waals surface area contributed by atoms with Crippen molar-refractivity contribution in [1.29, 1.82) is 0 Å². The van der Waals surface area contributed by atoms with Gasteiger partial charge in [0.25, 0.3) is 0 Å². The molecule has 14 heavy (non-hydrogen) atoms. The van der Waals surface area contributed by atoms with Gasteiger partial charge in [0, 0.05) is 7.05 Å². The summed E-state index contributed by atoms with van der Waals surface area (Å²) in [5.41, 5.74) is -0.151. The number of carbonyl (C=O) groups is 1. The Morgan fingerprint density at radius 1 is 1.36 bits per heavy atom. The molecule has 2 aliphatic carbocycles. The molecule has 1 unspecified atom stereocenters. The Hall–Kier alpha value is -0.570. The monoisotopic (exact) mass is 194 g/mol. The fourth-order valence-corrected chi connectivity index (χ4v) is 3.09. The smallest absolute Gasteiger partial charge is 0.243 e. The van der Waals surface area contributed by atoms with Gasteiger partial charge in [0.15, 0.2) is 0 Å². The van der Waals surface area contributed by atoms with E-state index in [2.05, 4.69) is 5.32 Å². The largest absolute Gasteiger partial charge is 0.328 e. The Balaban J connectivity index is 1.84. The molecule has 3 rings (SSSR count). The van der Waals surface area contributed by atoms with Gasteiger partial charge in [-0.05, 0) is 31.6 Å². The number of hydrogen-bond acceptors (Lipinski definition) is 2. The summed E-state index contributed by atoms with van der Waals surface area (Å²) in [5.74, 6) is 1.09. The molecular weight excluding hydrogens is 176 g/mol. The molecule has 3 fully saturated rings. The molecule has 1 aliphatic heterocycles. The van der Waals surface area contributed by atoms with Crippen molar-refractivity contribution in [3.8, 4) is 0 Å². The second-order valence-corrected chi connectivity index (χ2v) is 5.13. The summed E-state index contributed by atoms with van der Waals surface area (Å²) in [7, 11) is 1.96. The van der Waals surface area contributed by atoms with Gasteiger partial charge in [-0.3, -0.25) is 10.1 Å². The highest BCUT2D eigenvalue weighted by Crippen LogP contribution is 2.42. The average molecular weight is 194 g/mol. The van der Waals surface area contributed by atoms with Crippen molar-refractivity contribution >= 4 is 5.91 Å². The molecule has 3 aliphatic rings. The molecule has 2 saturated carbocycles. The first-order chi connectivity index (χ1) is 6.73. The Kier molecular flexibility index (Phi) is 1.69. The number of amides is 1. The molecular formula is C11H18N2O. The van der Waals surface area contributed by atoms with Crippen molar-refractivity contribution in [2.24, 2.45) is 5.92 Å². The Morgan fingerprint density at radius 2 is 2.00 bits per heavy atom. The number of nitrogens with one attached hydrogen (secondary N) is 1. The van der Waals surface area contributed by atoms with Crippen LogP contribution in [0.15, 0.2) is 0 Å². The van der Waals surface area contributed by atoms with Crippen molar-refractivity contribution in [3.05, 3.63) is 0 Å². The molecule has 78 valence electrons. The molecule has 0 aromatic heterocycles. The number of hydrogen-bond donors (Lipinski definition) is 1. The predicted molar refractivity (Wildman–Crippen MR) is 53.6 cm³/mol. The normalized spacial score (nSPS) is 35.9. The van der Waals surface area contributed by atoms with Crippen molar-refractivity contribution in [2.75, 3.05) is 7.05 Å². The summed E-state index contributed by atoms with van der Waals surface area (Å²) in [6, 6.07) is 0. The minimum Gasteiger partial charge on any atom is -0.328 e. The number of nitrogens with zero attached hydrogens (tertiary/aromatic N) is 1. The van der Waals surface area contributed by atoms with E-state index in [9.17, 15) is 4.79 Å². The Labute approximate surface area is 84.8 Å². The molecule has 0 bridgehead atoms. The van der Waals surface area contributed by atoms with Gasteiger partial charge in [-0.2, -0.15) is 0 Å². The van der Waals surface area contributed by atoms with Crippen LogP contribution in [0.1, 0.15) is 38.5 Å². The van der Waals surface area contributed by atoms with E-state index in [4.69, 9.17) is 0 Å². The molecule has 1 atom stereocenters. The highest BCUT2D eigenvalue weighted by Gasteiger charge is 2.54. The van der Waals surface area contributed by atoms with Gasteiger partial charge in [0.1, 0.15) is 0 Å². The highest BCUT2D eigenvalue weighted by molar-refractivity contribution is 5.89. The zero-order valence-electron chi connectivity index (χ0n) is 8.75. The van der Waals surface area contributed by atoms with Gasteiger partial charge in [-0.25, -0.2) is 0 Å². The lowest BCUT2D eigenvalue weighted by molar-refractivity contribution is -0.132. The standard InChI is InChI=1S/C11H18N2O/c1-13-9(8-4-5-8)12-11(10(13)14)6-2-3-7-11/h8-9,12H,2-7H2,1H3. The summed E-state index contributed by atoms with van der Waals surface area (Å²) in [6.45, 7) is 0. The van der Waals surface area contributed by atoms with Crippen LogP contribution in [0.4, 0.5) is 0 Å². The maximum Gasteiger partial charge on any atom is 0.243 e. The fraction of sp³-hybridized carbons (Fsp3) is 0.909. The quantitative estimate of drug-likeness (QED) is 0.678. The average Bonchev–Trinajstić information content (AvgIpc) is 2.88. The summed E-state index contributed by atoms with van der Waals surface area (Å²) < 4.78 is 0. The zero-order chi connectivity index (χ0) is 9.76. The summed E-state index contributed by atoms with van der Waals surface area (Å²) in [5, 5.41) is 3.60. The van der Waals surface area contributed by atoms with Gasteiger partial charge >= 0.3 is 0 Å². The van der Waals surface area contributed by atoms with Gasteiger partial charge in [0.05, 0.1) is 11.7 Å². The molecule has 0 radical (unpaired) electrons. The topological polar surface area (TPSA) is 32.3 Å². The van der Waals surface area contributed by atoms with E-state index >= 15 is 0 Å². The predicted octanol–water partition coefficient (Wildman–Crippen LogP) is 1.10. The lowest BCUT2D eigenvalue weighted by Gasteiger charge is -2.20. The van der Waals surface area contributed by atoms with E-state index in [0.717, 1.165) is 18.8 Å². The summed E-state index contributed by atoms with van der Waals surface area (Å²) in [6.07, 6.45) is 7.48. The molecule has 0 aromatic carbocycles. The third kappa shape index (κ3) is 1.05. The van der Waals surface area contributed by atoms with Crippen LogP contribution in [0.5, 0.6) is 0 Å². The first-order valence-electron chi connectivity index (χ1n) is 5.78.